The van der Waals surface area contributed by atoms with Crippen LogP contribution in [0.15, 0.2) is 41.3 Å². The Labute approximate surface area is 139 Å². The maximum absolute atomic E-state index is 12.4. The number of benzene rings is 2. The van der Waals surface area contributed by atoms with Crippen LogP contribution in [0.3, 0.4) is 0 Å². The average Bonchev–Trinajstić information content (AvgIpc) is 2.70. The van der Waals surface area contributed by atoms with Crippen molar-refractivity contribution in [2.75, 3.05) is 16.4 Å². The molecular weight excluding hydrogens is 308 g/mol. The lowest BCUT2D eigenvalue weighted by Gasteiger charge is -2.10. The molecule has 0 radical (unpaired) electrons. The Balaban J connectivity index is 1.82. The summed E-state index contributed by atoms with van der Waals surface area (Å²) in [6, 6.07) is 11.2. The van der Waals surface area contributed by atoms with Crippen LogP contribution in [0.25, 0.3) is 0 Å². The number of carbonyl (C=O) groups is 2. The summed E-state index contributed by atoms with van der Waals surface area (Å²) in [6.07, 6.45) is 0.490. The summed E-state index contributed by atoms with van der Waals surface area (Å²) >= 11 is 1.63. The molecule has 23 heavy (non-hydrogen) atoms. The molecule has 0 unspecified atom stereocenters. The highest BCUT2D eigenvalue weighted by atomic mass is 32.2. The summed E-state index contributed by atoms with van der Waals surface area (Å²) in [5, 5.41) is 5.76. The Hall–Kier alpha value is -2.27. The van der Waals surface area contributed by atoms with Gasteiger partial charge in [-0.3, -0.25) is 9.59 Å². The molecule has 0 aromatic heterocycles. The van der Waals surface area contributed by atoms with Gasteiger partial charge in [-0.15, -0.1) is 11.8 Å². The van der Waals surface area contributed by atoms with Gasteiger partial charge in [0.1, 0.15) is 0 Å². The van der Waals surface area contributed by atoms with Gasteiger partial charge in [0, 0.05) is 28.3 Å². The fraction of sp³-hybridized carbons (Fsp3) is 0.222. The molecule has 3 rings (SSSR count). The van der Waals surface area contributed by atoms with Crippen molar-refractivity contribution in [2.45, 2.75) is 25.2 Å². The lowest BCUT2D eigenvalue weighted by Crippen LogP contribution is -2.14. The van der Waals surface area contributed by atoms with E-state index in [1.54, 1.807) is 23.9 Å². The SMILES string of the molecule is Cc1ccc(NC(=O)c2ccc3c(c2)NC(=O)CCS3)cc1C. The molecule has 5 heteroatoms. The molecule has 0 saturated carbocycles. The quantitative estimate of drug-likeness (QED) is 0.877. The number of hydrogen-bond acceptors (Lipinski definition) is 3. The van der Waals surface area contributed by atoms with E-state index in [0.29, 0.717) is 17.7 Å². The van der Waals surface area contributed by atoms with Gasteiger partial charge in [-0.2, -0.15) is 0 Å². The molecule has 2 N–H and O–H groups in total. The first-order chi connectivity index (χ1) is 11.0. The molecule has 1 aliphatic heterocycles. The van der Waals surface area contributed by atoms with Crippen molar-refractivity contribution in [2.24, 2.45) is 0 Å². The zero-order valence-corrected chi connectivity index (χ0v) is 13.9. The van der Waals surface area contributed by atoms with Crippen LogP contribution in [0.5, 0.6) is 0 Å². The second-order valence-corrected chi connectivity index (χ2v) is 6.75. The maximum Gasteiger partial charge on any atom is 0.255 e. The molecule has 0 spiro atoms. The first-order valence-corrected chi connectivity index (χ1v) is 8.47. The second kappa shape index (κ2) is 6.46. The van der Waals surface area contributed by atoms with Crippen LogP contribution in [-0.4, -0.2) is 17.6 Å². The molecule has 2 aromatic rings. The number of thioether (sulfide) groups is 1. The van der Waals surface area contributed by atoms with E-state index in [2.05, 4.69) is 10.6 Å². The third-order valence-electron chi connectivity index (χ3n) is 3.87. The van der Waals surface area contributed by atoms with E-state index < -0.39 is 0 Å². The number of nitrogens with one attached hydrogen (secondary N) is 2. The van der Waals surface area contributed by atoms with Gasteiger partial charge in [-0.05, 0) is 55.3 Å². The Morgan fingerprint density at radius 1 is 1.13 bits per heavy atom. The predicted molar refractivity (Wildman–Crippen MR) is 94.3 cm³/mol. The van der Waals surface area contributed by atoms with Gasteiger partial charge in [-0.1, -0.05) is 6.07 Å². The highest BCUT2D eigenvalue weighted by molar-refractivity contribution is 7.99. The van der Waals surface area contributed by atoms with Gasteiger partial charge < -0.3 is 10.6 Å². The van der Waals surface area contributed by atoms with Crippen LogP contribution in [0.1, 0.15) is 27.9 Å². The van der Waals surface area contributed by atoms with E-state index in [0.717, 1.165) is 21.9 Å². The third kappa shape index (κ3) is 3.56. The number of amides is 2. The van der Waals surface area contributed by atoms with Crippen molar-refractivity contribution >= 4 is 35.0 Å². The maximum atomic E-state index is 12.4. The van der Waals surface area contributed by atoms with E-state index >= 15 is 0 Å². The standard InChI is InChI=1S/C18H18N2O2S/c1-11-3-5-14(9-12(11)2)19-18(22)13-4-6-16-15(10-13)20-17(21)7-8-23-16/h3-6,9-10H,7-8H2,1-2H3,(H,19,22)(H,20,21). The van der Waals surface area contributed by atoms with Crippen molar-refractivity contribution < 1.29 is 9.59 Å². The first kappa shape index (κ1) is 15.6. The average molecular weight is 326 g/mol. The van der Waals surface area contributed by atoms with Crippen LogP contribution in [0.2, 0.25) is 0 Å². The lowest BCUT2D eigenvalue weighted by molar-refractivity contribution is -0.115. The summed E-state index contributed by atoms with van der Waals surface area (Å²) < 4.78 is 0. The van der Waals surface area contributed by atoms with Crippen molar-refractivity contribution in [1.29, 1.82) is 0 Å². The van der Waals surface area contributed by atoms with E-state index in [4.69, 9.17) is 0 Å². The topological polar surface area (TPSA) is 58.2 Å². The predicted octanol–water partition coefficient (Wildman–Crippen LogP) is 3.99. The summed E-state index contributed by atoms with van der Waals surface area (Å²) in [5.41, 5.74) is 4.34. The molecule has 2 amide bonds. The Kier molecular flexibility index (Phi) is 4.39. The van der Waals surface area contributed by atoms with Crippen LogP contribution >= 0.6 is 11.8 Å². The number of rotatable bonds is 2. The lowest BCUT2D eigenvalue weighted by atomic mass is 10.1. The number of anilines is 2. The van der Waals surface area contributed by atoms with Gasteiger partial charge >= 0.3 is 0 Å². The molecule has 0 saturated heterocycles. The summed E-state index contributed by atoms with van der Waals surface area (Å²) in [6.45, 7) is 4.05. The normalized spacial score (nSPS) is 13.7. The minimum atomic E-state index is -0.181. The molecule has 0 bridgehead atoms. The Morgan fingerprint density at radius 3 is 2.74 bits per heavy atom. The highest BCUT2D eigenvalue weighted by Gasteiger charge is 2.16. The molecular formula is C18H18N2O2S. The fourth-order valence-electron chi connectivity index (χ4n) is 2.38. The van der Waals surface area contributed by atoms with Gasteiger partial charge in [0.05, 0.1) is 5.69 Å². The molecule has 4 nitrogen and oxygen atoms in total. The van der Waals surface area contributed by atoms with Gasteiger partial charge in [-0.25, -0.2) is 0 Å². The van der Waals surface area contributed by atoms with Gasteiger partial charge in [0.2, 0.25) is 5.91 Å². The second-order valence-electron chi connectivity index (χ2n) is 5.61. The van der Waals surface area contributed by atoms with Crippen LogP contribution in [-0.2, 0) is 4.79 Å². The third-order valence-corrected chi connectivity index (χ3v) is 4.94. The van der Waals surface area contributed by atoms with Gasteiger partial charge in [0.15, 0.2) is 0 Å². The van der Waals surface area contributed by atoms with Crippen molar-refractivity contribution in [3.8, 4) is 0 Å². The summed E-state index contributed by atoms with van der Waals surface area (Å²) in [5.74, 6) is 0.565. The minimum absolute atomic E-state index is 0.0111. The van der Waals surface area contributed by atoms with E-state index in [1.807, 2.05) is 38.1 Å². The smallest absolute Gasteiger partial charge is 0.255 e. The summed E-state index contributed by atoms with van der Waals surface area (Å²) in [4.78, 5) is 25.1. The molecule has 0 atom stereocenters. The van der Waals surface area contributed by atoms with E-state index in [-0.39, 0.29) is 11.8 Å². The number of fused-ring (bicyclic) bond motifs is 1. The monoisotopic (exact) mass is 326 g/mol. The van der Waals surface area contributed by atoms with Crippen LogP contribution in [0, 0.1) is 13.8 Å². The summed E-state index contributed by atoms with van der Waals surface area (Å²) in [7, 11) is 0. The van der Waals surface area contributed by atoms with Crippen molar-refractivity contribution in [3.63, 3.8) is 0 Å². The van der Waals surface area contributed by atoms with E-state index in [1.165, 1.54) is 5.56 Å². The zero-order chi connectivity index (χ0) is 16.4. The Morgan fingerprint density at radius 2 is 1.96 bits per heavy atom. The molecule has 0 fully saturated rings. The van der Waals surface area contributed by atoms with Crippen LogP contribution in [0.4, 0.5) is 11.4 Å². The molecule has 118 valence electrons. The highest BCUT2D eigenvalue weighted by Crippen LogP contribution is 2.31. The number of hydrogen-bond donors (Lipinski definition) is 2. The fourth-order valence-corrected chi connectivity index (χ4v) is 3.32. The first-order valence-electron chi connectivity index (χ1n) is 7.48. The number of carbonyl (C=O) groups excluding carboxylic acids is 2. The largest absolute Gasteiger partial charge is 0.325 e. The van der Waals surface area contributed by atoms with Crippen molar-refractivity contribution in [3.05, 3.63) is 53.1 Å². The molecule has 1 aliphatic rings. The molecule has 0 aliphatic carbocycles. The number of aryl methyl sites for hydroxylation is 2. The van der Waals surface area contributed by atoms with Gasteiger partial charge in [0.25, 0.3) is 5.91 Å². The van der Waals surface area contributed by atoms with E-state index in [9.17, 15) is 9.59 Å². The zero-order valence-electron chi connectivity index (χ0n) is 13.1. The van der Waals surface area contributed by atoms with Crippen molar-refractivity contribution in [1.82, 2.24) is 0 Å². The Bertz CT molecular complexity index is 787. The minimum Gasteiger partial charge on any atom is -0.325 e. The van der Waals surface area contributed by atoms with Crippen LogP contribution < -0.4 is 10.6 Å². The molecule has 2 aromatic carbocycles. The molecule has 1 heterocycles.